The van der Waals surface area contributed by atoms with E-state index in [1.54, 1.807) is 0 Å². The summed E-state index contributed by atoms with van der Waals surface area (Å²) in [6.45, 7) is 5.87. The maximum Gasteiger partial charge on any atom is 0.00925 e. The molecule has 0 aromatic rings. The number of nitrogens with one attached hydrogen (secondary N) is 1. The van der Waals surface area contributed by atoms with Gasteiger partial charge in [-0.1, -0.05) is 26.7 Å². The molecular weight excluding hydrogens is 122 g/mol. The quantitative estimate of drug-likeness (QED) is 0.621. The van der Waals surface area contributed by atoms with Crippen LogP contribution in [-0.2, 0) is 0 Å². The molecule has 0 amide bonds. The Bertz CT molecular complexity index is 84.7. The lowest BCUT2D eigenvalue weighted by atomic mass is 9.92. The zero-order valence-corrected chi connectivity index (χ0v) is 7.19. The van der Waals surface area contributed by atoms with Crippen molar-refractivity contribution in [1.82, 2.24) is 5.32 Å². The summed E-state index contributed by atoms with van der Waals surface area (Å²) in [6, 6.07) is 0.818. The highest BCUT2D eigenvalue weighted by Gasteiger charge is 2.16. The Hall–Kier alpha value is -0.0400. The molecule has 0 aliphatic carbocycles. The SMILES string of the molecule is CC[C@@H](C)[C@@H]1CCCCN1. The van der Waals surface area contributed by atoms with Crippen LogP contribution in [0.1, 0.15) is 39.5 Å². The van der Waals surface area contributed by atoms with Crippen LogP contribution in [0.2, 0.25) is 0 Å². The van der Waals surface area contributed by atoms with Crippen LogP contribution in [0.3, 0.4) is 0 Å². The van der Waals surface area contributed by atoms with Crippen LogP contribution in [0.15, 0.2) is 0 Å². The van der Waals surface area contributed by atoms with Crippen LogP contribution >= 0.6 is 0 Å². The normalized spacial score (nSPS) is 30.0. The molecule has 1 heterocycles. The van der Waals surface area contributed by atoms with Crippen molar-refractivity contribution >= 4 is 0 Å². The summed E-state index contributed by atoms with van der Waals surface area (Å²) in [4.78, 5) is 0. The lowest BCUT2D eigenvalue weighted by Gasteiger charge is -2.28. The van der Waals surface area contributed by atoms with Gasteiger partial charge in [-0.2, -0.15) is 0 Å². The van der Waals surface area contributed by atoms with Crippen molar-refractivity contribution in [2.24, 2.45) is 5.92 Å². The Morgan fingerprint density at radius 2 is 2.30 bits per heavy atom. The zero-order valence-electron chi connectivity index (χ0n) is 7.19. The summed E-state index contributed by atoms with van der Waals surface area (Å²) in [5.74, 6) is 0.875. The highest BCUT2D eigenvalue weighted by atomic mass is 14.9. The van der Waals surface area contributed by atoms with Crippen molar-refractivity contribution in [2.45, 2.75) is 45.6 Å². The van der Waals surface area contributed by atoms with Gasteiger partial charge in [0.25, 0.3) is 0 Å². The van der Waals surface area contributed by atoms with Gasteiger partial charge >= 0.3 is 0 Å². The van der Waals surface area contributed by atoms with Crippen molar-refractivity contribution in [3.8, 4) is 0 Å². The molecule has 60 valence electrons. The molecule has 1 heteroatoms. The molecule has 1 N–H and O–H groups in total. The van der Waals surface area contributed by atoms with Gasteiger partial charge in [0.15, 0.2) is 0 Å². The molecule has 1 nitrogen and oxygen atoms in total. The summed E-state index contributed by atoms with van der Waals surface area (Å²) >= 11 is 0. The Kier molecular flexibility index (Phi) is 3.20. The molecule has 1 aliphatic heterocycles. The van der Waals surface area contributed by atoms with E-state index in [2.05, 4.69) is 19.2 Å². The first-order chi connectivity index (χ1) is 4.84. The molecule has 0 unspecified atom stereocenters. The van der Waals surface area contributed by atoms with Gasteiger partial charge in [-0.15, -0.1) is 0 Å². The van der Waals surface area contributed by atoms with E-state index in [4.69, 9.17) is 0 Å². The second-order valence-electron chi connectivity index (χ2n) is 3.44. The highest BCUT2D eigenvalue weighted by molar-refractivity contribution is 4.76. The van der Waals surface area contributed by atoms with Gasteiger partial charge in [-0.3, -0.25) is 0 Å². The molecule has 2 atom stereocenters. The summed E-state index contributed by atoms with van der Waals surface area (Å²) in [6.07, 6.45) is 5.53. The average Bonchev–Trinajstić information content (AvgIpc) is 2.05. The van der Waals surface area contributed by atoms with Gasteiger partial charge < -0.3 is 5.32 Å². The van der Waals surface area contributed by atoms with Gasteiger partial charge in [0, 0.05) is 6.04 Å². The minimum atomic E-state index is 0.818. The molecular formula is C9H19N. The van der Waals surface area contributed by atoms with Crippen LogP contribution in [0, 0.1) is 5.92 Å². The summed E-state index contributed by atoms with van der Waals surface area (Å²) in [7, 11) is 0. The number of hydrogen-bond donors (Lipinski definition) is 1. The van der Waals surface area contributed by atoms with E-state index in [0.717, 1.165) is 12.0 Å². The first-order valence-corrected chi connectivity index (χ1v) is 4.58. The minimum Gasteiger partial charge on any atom is -0.314 e. The first kappa shape index (κ1) is 8.06. The van der Waals surface area contributed by atoms with Crippen molar-refractivity contribution in [3.63, 3.8) is 0 Å². The topological polar surface area (TPSA) is 12.0 Å². The Morgan fingerprint density at radius 1 is 1.50 bits per heavy atom. The predicted molar refractivity (Wildman–Crippen MR) is 45.1 cm³/mol. The largest absolute Gasteiger partial charge is 0.314 e. The van der Waals surface area contributed by atoms with E-state index in [1.165, 1.54) is 32.2 Å². The molecule has 0 aromatic carbocycles. The summed E-state index contributed by atoms with van der Waals surface area (Å²) in [5.41, 5.74) is 0. The lowest BCUT2D eigenvalue weighted by Crippen LogP contribution is -2.38. The monoisotopic (exact) mass is 141 g/mol. The fourth-order valence-corrected chi connectivity index (χ4v) is 1.65. The summed E-state index contributed by atoms with van der Waals surface area (Å²) in [5, 5.41) is 3.57. The lowest BCUT2D eigenvalue weighted by molar-refractivity contribution is 0.304. The van der Waals surface area contributed by atoms with E-state index in [0.29, 0.717) is 0 Å². The molecule has 1 rings (SSSR count). The second kappa shape index (κ2) is 3.97. The van der Waals surface area contributed by atoms with Crippen LogP contribution in [0.5, 0.6) is 0 Å². The molecule has 0 radical (unpaired) electrons. The van der Waals surface area contributed by atoms with Gasteiger partial charge in [-0.25, -0.2) is 0 Å². The number of rotatable bonds is 2. The highest BCUT2D eigenvalue weighted by Crippen LogP contribution is 2.16. The average molecular weight is 141 g/mol. The summed E-state index contributed by atoms with van der Waals surface area (Å²) < 4.78 is 0. The van der Waals surface area contributed by atoms with E-state index >= 15 is 0 Å². The smallest absolute Gasteiger partial charge is 0.00925 e. The van der Waals surface area contributed by atoms with Gasteiger partial charge in [-0.05, 0) is 25.3 Å². The Morgan fingerprint density at radius 3 is 2.80 bits per heavy atom. The van der Waals surface area contributed by atoms with E-state index < -0.39 is 0 Å². The molecule has 1 fully saturated rings. The molecule has 1 saturated heterocycles. The number of hydrogen-bond acceptors (Lipinski definition) is 1. The van der Waals surface area contributed by atoms with E-state index in [9.17, 15) is 0 Å². The fourth-order valence-electron chi connectivity index (χ4n) is 1.65. The van der Waals surface area contributed by atoms with Crippen LogP contribution in [0.4, 0.5) is 0 Å². The second-order valence-corrected chi connectivity index (χ2v) is 3.44. The van der Waals surface area contributed by atoms with Gasteiger partial charge in [0.2, 0.25) is 0 Å². The van der Waals surface area contributed by atoms with Crippen molar-refractivity contribution in [2.75, 3.05) is 6.54 Å². The molecule has 1 aliphatic rings. The number of piperidine rings is 1. The third kappa shape index (κ3) is 1.98. The van der Waals surface area contributed by atoms with Crippen molar-refractivity contribution < 1.29 is 0 Å². The van der Waals surface area contributed by atoms with Crippen LogP contribution < -0.4 is 5.32 Å². The predicted octanol–water partition coefficient (Wildman–Crippen LogP) is 2.17. The van der Waals surface area contributed by atoms with E-state index in [-0.39, 0.29) is 0 Å². The third-order valence-corrected chi connectivity index (χ3v) is 2.68. The molecule has 0 aromatic heterocycles. The Balaban J connectivity index is 2.24. The van der Waals surface area contributed by atoms with Crippen molar-refractivity contribution in [1.29, 1.82) is 0 Å². The van der Waals surface area contributed by atoms with Crippen LogP contribution in [-0.4, -0.2) is 12.6 Å². The first-order valence-electron chi connectivity index (χ1n) is 4.58. The third-order valence-electron chi connectivity index (χ3n) is 2.68. The van der Waals surface area contributed by atoms with Gasteiger partial charge in [0.1, 0.15) is 0 Å². The molecule has 0 spiro atoms. The Labute approximate surface area is 64.2 Å². The van der Waals surface area contributed by atoms with Crippen molar-refractivity contribution in [3.05, 3.63) is 0 Å². The molecule has 10 heavy (non-hydrogen) atoms. The zero-order chi connectivity index (χ0) is 7.40. The standard InChI is InChI=1S/C9H19N/c1-3-8(2)9-6-4-5-7-10-9/h8-10H,3-7H2,1-2H3/t8-,9+/m1/s1. The maximum absolute atomic E-state index is 3.57. The van der Waals surface area contributed by atoms with Gasteiger partial charge in [0.05, 0.1) is 0 Å². The maximum atomic E-state index is 3.57. The van der Waals surface area contributed by atoms with E-state index in [1.807, 2.05) is 0 Å². The minimum absolute atomic E-state index is 0.818. The molecule has 0 saturated carbocycles. The molecule has 0 bridgehead atoms. The fraction of sp³-hybridized carbons (Fsp3) is 1.00. The van der Waals surface area contributed by atoms with Crippen LogP contribution in [0.25, 0.3) is 0 Å².